The van der Waals surface area contributed by atoms with Crippen molar-refractivity contribution in [3.63, 3.8) is 0 Å². The molecular weight excluding hydrogens is 254 g/mol. The maximum absolute atomic E-state index is 11.8. The van der Waals surface area contributed by atoms with Gasteiger partial charge >= 0.3 is 0 Å². The first-order valence-electron chi connectivity index (χ1n) is 5.53. The molecule has 0 heterocycles. The fourth-order valence-electron chi connectivity index (χ4n) is 1.28. The van der Waals surface area contributed by atoms with Crippen molar-refractivity contribution in [3.8, 4) is 5.75 Å². The van der Waals surface area contributed by atoms with Gasteiger partial charge in [-0.15, -0.1) is 4.83 Å². The summed E-state index contributed by atoms with van der Waals surface area (Å²) in [5.74, 6) is 0.647. The minimum absolute atomic E-state index is 0.206. The van der Waals surface area contributed by atoms with Gasteiger partial charge in [0.15, 0.2) is 0 Å². The van der Waals surface area contributed by atoms with Gasteiger partial charge in [0, 0.05) is 20.6 Å². The number of hydrazine groups is 1. The summed E-state index contributed by atoms with van der Waals surface area (Å²) in [7, 11) is 1.58. The normalized spacial score (nSPS) is 11.8. The van der Waals surface area contributed by atoms with Crippen LogP contribution in [0.1, 0.15) is 0 Å². The van der Waals surface area contributed by atoms with Crippen molar-refractivity contribution in [2.24, 2.45) is 0 Å². The van der Waals surface area contributed by atoms with E-state index < -0.39 is 10.0 Å². The highest BCUT2D eigenvalue weighted by Gasteiger charge is 2.14. The predicted octanol–water partition coefficient (Wildman–Crippen LogP) is 0.0397. The van der Waals surface area contributed by atoms with Crippen LogP contribution in [0.5, 0.6) is 5.75 Å². The average Bonchev–Trinajstić information content (AvgIpc) is 2.28. The summed E-state index contributed by atoms with van der Waals surface area (Å²) in [5.41, 5.74) is 0. The number of nitrogens with zero attached hydrogens (tertiary/aromatic N) is 1. The second-order valence-electron chi connectivity index (χ2n) is 3.91. The number of hydrogen-bond donors (Lipinski definition) is 2. The van der Waals surface area contributed by atoms with Crippen LogP contribution in [0.25, 0.3) is 0 Å². The molecule has 0 amide bonds. The van der Waals surface area contributed by atoms with Crippen LogP contribution in [-0.4, -0.2) is 47.7 Å². The Morgan fingerprint density at radius 2 is 1.83 bits per heavy atom. The first kappa shape index (κ1) is 14.9. The van der Waals surface area contributed by atoms with E-state index in [4.69, 9.17) is 4.74 Å². The Labute approximate surface area is 108 Å². The third-order valence-electron chi connectivity index (χ3n) is 2.06. The van der Waals surface area contributed by atoms with Crippen molar-refractivity contribution in [1.29, 1.82) is 0 Å². The van der Waals surface area contributed by atoms with Gasteiger partial charge in [-0.3, -0.25) is 0 Å². The monoisotopic (exact) mass is 273 g/mol. The molecule has 1 rings (SSSR count). The molecule has 0 aliphatic rings. The van der Waals surface area contributed by atoms with Gasteiger partial charge in [-0.1, -0.05) is 0 Å². The molecule has 0 spiro atoms. The highest BCUT2D eigenvalue weighted by Crippen LogP contribution is 2.15. The standard InChI is InChI=1S/C11H19N3O3S/c1-12-8-9-17-10-4-6-11(7-5-10)18(15,16)13-14(2)3/h4-7,12-13H,8-9H2,1-3H3. The van der Waals surface area contributed by atoms with E-state index in [1.807, 2.05) is 7.05 Å². The summed E-state index contributed by atoms with van der Waals surface area (Å²) in [6, 6.07) is 6.31. The van der Waals surface area contributed by atoms with Gasteiger partial charge in [-0.25, -0.2) is 13.4 Å². The summed E-state index contributed by atoms with van der Waals surface area (Å²) in [4.78, 5) is 2.57. The SMILES string of the molecule is CNCCOc1ccc(S(=O)(=O)NN(C)C)cc1. The van der Waals surface area contributed by atoms with Crippen molar-refractivity contribution in [2.75, 3.05) is 34.3 Å². The largest absolute Gasteiger partial charge is 0.492 e. The van der Waals surface area contributed by atoms with E-state index in [9.17, 15) is 8.42 Å². The van der Waals surface area contributed by atoms with Gasteiger partial charge in [0.05, 0.1) is 4.90 Å². The van der Waals surface area contributed by atoms with Crippen LogP contribution in [0.4, 0.5) is 0 Å². The first-order chi connectivity index (χ1) is 8.45. The van der Waals surface area contributed by atoms with E-state index in [0.717, 1.165) is 6.54 Å². The first-order valence-corrected chi connectivity index (χ1v) is 7.01. The number of hydrogen-bond acceptors (Lipinski definition) is 5. The lowest BCUT2D eigenvalue weighted by Crippen LogP contribution is -2.36. The van der Waals surface area contributed by atoms with Crippen molar-refractivity contribution in [3.05, 3.63) is 24.3 Å². The molecule has 0 saturated carbocycles. The summed E-state index contributed by atoms with van der Waals surface area (Å²) in [6.07, 6.45) is 0. The zero-order valence-corrected chi connectivity index (χ0v) is 11.6. The van der Waals surface area contributed by atoms with E-state index in [1.165, 1.54) is 17.1 Å². The summed E-state index contributed by atoms with van der Waals surface area (Å²) in [5, 5.41) is 4.34. The van der Waals surface area contributed by atoms with Gasteiger partial charge in [0.25, 0.3) is 10.0 Å². The molecule has 0 aromatic heterocycles. The quantitative estimate of drug-likeness (QED) is 0.542. The summed E-state index contributed by atoms with van der Waals surface area (Å²) < 4.78 is 29.0. The van der Waals surface area contributed by atoms with E-state index in [0.29, 0.717) is 12.4 Å². The van der Waals surface area contributed by atoms with E-state index in [2.05, 4.69) is 10.1 Å². The maximum atomic E-state index is 11.8. The molecule has 0 saturated heterocycles. The molecular formula is C11H19N3O3S. The molecule has 102 valence electrons. The summed E-state index contributed by atoms with van der Waals surface area (Å²) >= 11 is 0. The smallest absolute Gasteiger partial charge is 0.253 e. The maximum Gasteiger partial charge on any atom is 0.253 e. The third-order valence-corrected chi connectivity index (χ3v) is 3.56. The predicted molar refractivity (Wildman–Crippen MR) is 69.9 cm³/mol. The van der Waals surface area contributed by atoms with Crippen LogP contribution in [-0.2, 0) is 10.0 Å². The lowest BCUT2D eigenvalue weighted by atomic mass is 10.3. The van der Waals surface area contributed by atoms with Crippen molar-refractivity contribution < 1.29 is 13.2 Å². The van der Waals surface area contributed by atoms with Gasteiger partial charge < -0.3 is 10.1 Å². The van der Waals surface area contributed by atoms with Crippen LogP contribution < -0.4 is 14.9 Å². The number of likely N-dealkylation sites (N-methyl/N-ethyl adjacent to an activating group) is 1. The minimum atomic E-state index is -3.49. The minimum Gasteiger partial charge on any atom is -0.492 e. The van der Waals surface area contributed by atoms with Gasteiger partial charge in [-0.2, -0.15) is 0 Å². The fraction of sp³-hybridized carbons (Fsp3) is 0.455. The fourth-order valence-corrected chi connectivity index (χ4v) is 2.36. The molecule has 18 heavy (non-hydrogen) atoms. The highest BCUT2D eigenvalue weighted by molar-refractivity contribution is 7.89. The van der Waals surface area contributed by atoms with Crippen molar-refractivity contribution in [1.82, 2.24) is 15.2 Å². The lowest BCUT2D eigenvalue weighted by molar-refractivity contribution is 0.318. The zero-order chi connectivity index (χ0) is 13.6. The number of benzene rings is 1. The second-order valence-corrected chi connectivity index (χ2v) is 5.57. The Kier molecular flexibility index (Phi) is 5.54. The Balaban J connectivity index is 2.70. The van der Waals surface area contributed by atoms with Gasteiger partial charge in [0.2, 0.25) is 0 Å². The van der Waals surface area contributed by atoms with Crippen LogP contribution in [0.2, 0.25) is 0 Å². The van der Waals surface area contributed by atoms with E-state index >= 15 is 0 Å². The Morgan fingerprint density at radius 1 is 1.22 bits per heavy atom. The number of rotatable bonds is 7. The molecule has 0 bridgehead atoms. The van der Waals surface area contributed by atoms with E-state index in [1.54, 1.807) is 26.2 Å². The third kappa shape index (κ3) is 4.61. The second kappa shape index (κ2) is 6.69. The lowest BCUT2D eigenvalue weighted by Gasteiger charge is -2.13. The molecule has 0 aliphatic heterocycles. The number of sulfonamides is 1. The van der Waals surface area contributed by atoms with Crippen molar-refractivity contribution >= 4 is 10.0 Å². The van der Waals surface area contributed by atoms with Crippen molar-refractivity contribution in [2.45, 2.75) is 4.90 Å². The molecule has 1 aromatic carbocycles. The molecule has 7 heteroatoms. The molecule has 0 fully saturated rings. The van der Waals surface area contributed by atoms with Crippen LogP contribution >= 0.6 is 0 Å². The molecule has 0 radical (unpaired) electrons. The van der Waals surface area contributed by atoms with Crippen LogP contribution in [0.15, 0.2) is 29.2 Å². The van der Waals surface area contributed by atoms with Gasteiger partial charge in [0.1, 0.15) is 12.4 Å². The molecule has 6 nitrogen and oxygen atoms in total. The average molecular weight is 273 g/mol. The topological polar surface area (TPSA) is 70.7 Å². The number of nitrogens with one attached hydrogen (secondary N) is 2. The van der Waals surface area contributed by atoms with Crippen LogP contribution in [0.3, 0.4) is 0 Å². The highest BCUT2D eigenvalue weighted by atomic mass is 32.2. The molecule has 1 aromatic rings. The zero-order valence-electron chi connectivity index (χ0n) is 10.8. The summed E-state index contributed by atoms with van der Waals surface area (Å²) in [6.45, 7) is 1.28. The Morgan fingerprint density at radius 3 is 2.33 bits per heavy atom. The van der Waals surface area contributed by atoms with Crippen LogP contribution in [0, 0.1) is 0 Å². The molecule has 0 atom stereocenters. The Bertz CT molecular complexity index is 457. The Hall–Kier alpha value is -1.15. The number of ether oxygens (including phenoxy) is 1. The molecule has 0 unspecified atom stereocenters. The molecule has 2 N–H and O–H groups in total. The van der Waals surface area contributed by atoms with E-state index in [-0.39, 0.29) is 4.90 Å². The van der Waals surface area contributed by atoms with Gasteiger partial charge in [-0.05, 0) is 31.3 Å². The molecule has 0 aliphatic carbocycles.